The van der Waals surface area contributed by atoms with Crippen LogP contribution in [0.5, 0.6) is 0 Å². The second kappa shape index (κ2) is 7.49. The van der Waals surface area contributed by atoms with Crippen molar-refractivity contribution in [1.82, 2.24) is 4.90 Å². The van der Waals surface area contributed by atoms with Crippen LogP contribution in [0.2, 0.25) is 0 Å². The van der Waals surface area contributed by atoms with Crippen LogP contribution in [-0.2, 0) is 0 Å². The summed E-state index contributed by atoms with van der Waals surface area (Å²) >= 11 is 1.80. The maximum atomic E-state index is 3.40. The summed E-state index contributed by atoms with van der Waals surface area (Å²) < 4.78 is 3.40. The standard InChI is InChI=1S/C15H22N2S/c1-2-5-14-6-8-15(9-7-14)16-18-13-12-17-10-3-4-11-17/h2,5-9,16H,3-4,10-13H2,1H3/b5-2+. The number of hydrogen-bond donors (Lipinski definition) is 1. The van der Waals surface area contributed by atoms with Crippen molar-refractivity contribution in [3.05, 3.63) is 35.9 Å². The fraction of sp³-hybridized carbons (Fsp3) is 0.467. The van der Waals surface area contributed by atoms with Gasteiger partial charge >= 0.3 is 0 Å². The van der Waals surface area contributed by atoms with Crippen molar-refractivity contribution in [2.45, 2.75) is 19.8 Å². The Morgan fingerprint density at radius 2 is 1.94 bits per heavy atom. The summed E-state index contributed by atoms with van der Waals surface area (Å²) in [4.78, 5) is 2.55. The van der Waals surface area contributed by atoms with Crippen molar-refractivity contribution in [3.63, 3.8) is 0 Å². The van der Waals surface area contributed by atoms with Gasteiger partial charge in [-0.25, -0.2) is 0 Å². The van der Waals surface area contributed by atoms with Gasteiger partial charge in [0.25, 0.3) is 0 Å². The summed E-state index contributed by atoms with van der Waals surface area (Å²) in [6.07, 6.45) is 6.94. The molecule has 1 N–H and O–H groups in total. The molecule has 2 nitrogen and oxygen atoms in total. The molecule has 0 aromatic heterocycles. The molecule has 0 amide bonds. The number of likely N-dealkylation sites (tertiary alicyclic amines) is 1. The number of benzene rings is 1. The summed E-state index contributed by atoms with van der Waals surface area (Å²) in [6.45, 7) is 5.83. The molecule has 0 aliphatic carbocycles. The van der Waals surface area contributed by atoms with E-state index in [1.54, 1.807) is 11.9 Å². The molecule has 0 radical (unpaired) electrons. The van der Waals surface area contributed by atoms with Crippen molar-refractivity contribution in [1.29, 1.82) is 0 Å². The Kier molecular flexibility index (Phi) is 5.62. The Hall–Kier alpha value is -0.930. The molecular weight excluding hydrogens is 240 g/mol. The van der Waals surface area contributed by atoms with E-state index in [2.05, 4.69) is 46.0 Å². The molecule has 2 rings (SSSR count). The van der Waals surface area contributed by atoms with Gasteiger partial charge in [0.1, 0.15) is 0 Å². The highest BCUT2D eigenvalue weighted by Gasteiger charge is 2.10. The summed E-state index contributed by atoms with van der Waals surface area (Å²) in [5, 5.41) is 0. The first-order chi connectivity index (χ1) is 8.88. The number of hydrogen-bond acceptors (Lipinski definition) is 3. The first-order valence-corrected chi connectivity index (χ1v) is 7.70. The number of allylic oxidation sites excluding steroid dienone is 1. The first-order valence-electron chi connectivity index (χ1n) is 6.71. The second-order valence-electron chi connectivity index (χ2n) is 4.62. The van der Waals surface area contributed by atoms with Gasteiger partial charge in [0.05, 0.1) is 0 Å². The first kappa shape index (κ1) is 13.5. The topological polar surface area (TPSA) is 15.3 Å². The third-order valence-electron chi connectivity index (χ3n) is 3.17. The van der Waals surface area contributed by atoms with Crippen molar-refractivity contribution >= 4 is 23.7 Å². The Morgan fingerprint density at radius 3 is 2.61 bits per heavy atom. The van der Waals surface area contributed by atoms with Gasteiger partial charge in [0.15, 0.2) is 0 Å². The van der Waals surface area contributed by atoms with E-state index in [1.165, 1.54) is 43.7 Å². The normalized spacial score (nSPS) is 16.5. The maximum absolute atomic E-state index is 3.40. The predicted octanol–water partition coefficient (Wildman–Crippen LogP) is 3.88. The molecule has 98 valence electrons. The van der Waals surface area contributed by atoms with Crippen molar-refractivity contribution in [2.24, 2.45) is 0 Å². The number of nitrogens with zero attached hydrogens (tertiary/aromatic N) is 1. The van der Waals surface area contributed by atoms with Crippen LogP contribution < -0.4 is 4.72 Å². The minimum atomic E-state index is 1.15. The summed E-state index contributed by atoms with van der Waals surface area (Å²) in [5.74, 6) is 1.15. The predicted molar refractivity (Wildman–Crippen MR) is 82.9 cm³/mol. The smallest absolute Gasteiger partial charge is 0.0440 e. The van der Waals surface area contributed by atoms with E-state index in [1.807, 2.05) is 6.92 Å². The van der Waals surface area contributed by atoms with Gasteiger partial charge in [0, 0.05) is 18.0 Å². The molecule has 18 heavy (non-hydrogen) atoms. The Morgan fingerprint density at radius 1 is 1.22 bits per heavy atom. The van der Waals surface area contributed by atoms with Crippen molar-refractivity contribution < 1.29 is 0 Å². The van der Waals surface area contributed by atoms with Crippen LogP contribution in [0.15, 0.2) is 30.3 Å². The minimum Gasteiger partial charge on any atom is -0.330 e. The molecular formula is C15H22N2S. The van der Waals surface area contributed by atoms with Gasteiger partial charge in [-0.3, -0.25) is 0 Å². The monoisotopic (exact) mass is 262 g/mol. The fourth-order valence-corrected chi connectivity index (χ4v) is 2.92. The van der Waals surface area contributed by atoms with Crippen LogP contribution in [0.4, 0.5) is 5.69 Å². The molecule has 0 spiro atoms. The number of rotatable bonds is 6. The molecule has 1 fully saturated rings. The lowest BCUT2D eigenvalue weighted by molar-refractivity contribution is 0.362. The Bertz CT molecular complexity index is 367. The highest BCUT2D eigenvalue weighted by Crippen LogP contribution is 2.15. The van der Waals surface area contributed by atoms with Gasteiger partial charge in [-0.05, 0) is 50.6 Å². The highest BCUT2D eigenvalue weighted by molar-refractivity contribution is 8.00. The number of anilines is 1. The SMILES string of the molecule is C/C=C/c1ccc(NSCCN2CCCC2)cc1. The summed E-state index contributed by atoms with van der Waals surface area (Å²) in [6, 6.07) is 8.56. The average Bonchev–Trinajstić information content (AvgIpc) is 2.90. The lowest BCUT2D eigenvalue weighted by Gasteiger charge is -2.14. The van der Waals surface area contributed by atoms with Gasteiger partial charge < -0.3 is 9.62 Å². The van der Waals surface area contributed by atoms with E-state index < -0.39 is 0 Å². The molecule has 1 saturated heterocycles. The van der Waals surface area contributed by atoms with Crippen LogP contribution in [0.1, 0.15) is 25.3 Å². The Balaban J connectivity index is 1.66. The van der Waals surface area contributed by atoms with Gasteiger partial charge in [-0.15, -0.1) is 0 Å². The zero-order valence-corrected chi connectivity index (χ0v) is 11.9. The summed E-state index contributed by atoms with van der Waals surface area (Å²) in [7, 11) is 0. The molecule has 0 atom stereocenters. The zero-order valence-electron chi connectivity index (χ0n) is 11.1. The molecule has 1 aromatic carbocycles. The highest BCUT2D eigenvalue weighted by atomic mass is 32.2. The molecule has 1 heterocycles. The molecule has 1 aliphatic rings. The zero-order chi connectivity index (χ0) is 12.6. The van der Waals surface area contributed by atoms with Gasteiger partial charge in [-0.2, -0.15) is 0 Å². The summed E-state index contributed by atoms with van der Waals surface area (Å²) in [5.41, 5.74) is 2.44. The quantitative estimate of drug-likeness (QED) is 0.619. The van der Waals surface area contributed by atoms with E-state index in [-0.39, 0.29) is 0 Å². The van der Waals surface area contributed by atoms with Crippen LogP contribution in [0.25, 0.3) is 6.08 Å². The average molecular weight is 262 g/mol. The van der Waals surface area contributed by atoms with Crippen LogP contribution >= 0.6 is 11.9 Å². The number of nitrogens with one attached hydrogen (secondary N) is 1. The van der Waals surface area contributed by atoms with Gasteiger partial charge in [-0.1, -0.05) is 36.2 Å². The molecule has 1 aliphatic heterocycles. The molecule has 3 heteroatoms. The van der Waals surface area contributed by atoms with Gasteiger partial charge in [0.2, 0.25) is 0 Å². The lowest BCUT2D eigenvalue weighted by Crippen LogP contribution is -2.22. The third kappa shape index (κ3) is 4.39. The third-order valence-corrected chi connectivity index (χ3v) is 3.93. The van der Waals surface area contributed by atoms with Crippen LogP contribution in [-0.4, -0.2) is 30.3 Å². The van der Waals surface area contributed by atoms with Crippen LogP contribution in [0, 0.1) is 0 Å². The van der Waals surface area contributed by atoms with E-state index in [0.29, 0.717) is 0 Å². The van der Waals surface area contributed by atoms with Crippen molar-refractivity contribution in [2.75, 3.05) is 30.1 Å². The molecule has 0 bridgehead atoms. The van der Waals surface area contributed by atoms with E-state index in [0.717, 1.165) is 5.75 Å². The van der Waals surface area contributed by atoms with E-state index in [4.69, 9.17) is 0 Å². The van der Waals surface area contributed by atoms with Crippen molar-refractivity contribution in [3.8, 4) is 0 Å². The van der Waals surface area contributed by atoms with E-state index in [9.17, 15) is 0 Å². The Labute approximate surface area is 115 Å². The molecule has 0 unspecified atom stereocenters. The van der Waals surface area contributed by atoms with Crippen LogP contribution in [0.3, 0.4) is 0 Å². The lowest BCUT2D eigenvalue weighted by atomic mass is 10.2. The molecule has 1 aromatic rings. The van der Waals surface area contributed by atoms with E-state index >= 15 is 0 Å². The largest absolute Gasteiger partial charge is 0.330 e. The molecule has 0 saturated carbocycles. The maximum Gasteiger partial charge on any atom is 0.0440 e. The fourth-order valence-electron chi connectivity index (χ4n) is 2.17. The second-order valence-corrected chi connectivity index (χ2v) is 5.52. The minimum absolute atomic E-state index is 1.15.